The van der Waals surface area contributed by atoms with Crippen LogP contribution in [0.3, 0.4) is 0 Å². The molecule has 0 unspecified atom stereocenters. The van der Waals surface area contributed by atoms with Crippen molar-refractivity contribution in [2.45, 2.75) is 20.5 Å². The van der Waals surface area contributed by atoms with Crippen LogP contribution < -0.4 is 15.0 Å². The van der Waals surface area contributed by atoms with E-state index in [1.165, 1.54) is 6.08 Å². The minimum atomic E-state index is -0.754. The lowest BCUT2D eigenvalue weighted by molar-refractivity contribution is -0.122. The Kier molecular flexibility index (Phi) is 5.85. The molecule has 0 spiro atoms. The molecular formula is C26H22N2O4. The van der Waals surface area contributed by atoms with Gasteiger partial charge < -0.3 is 4.74 Å². The minimum absolute atomic E-state index is 0.108. The van der Waals surface area contributed by atoms with Gasteiger partial charge in [0.05, 0.1) is 5.69 Å². The second-order valence-corrected chi connectivity index (χ2v) is 7.59. The van der Waals surface area contributed by atoms with Crippen molar-refractivity contribution in [1.29, 1.82) is 0 Å². The lowest BCUT2D eigenvalue weighted by Gasteiger charge is -2.27. The number of nitrogens with zero attached hydrogens (tertiary/aromatic N) is 1. The Hall–Kier alpha value is -4.19. The summed E-state index contributed by atoms with van der Waals surface area (Å²) in [7, 11) is 0. The van der Waals surface area contributed by atoms with Gasteiger partial charge in [-0.15, -0.1) is 0 Å². The highest BCUT2D eigenvalue weighted by Crippen LogP contribution is 2.26. The molecule has 1 aliphatic heterocycles. The zero-order valence-corrected chi connectivity index (χ0v) is 17.8. The van der Waals surface area contributed by atoms with E-state index in [9.17, 15) is 14.4 Å². The van der Waals surface area contributed by atoms with Crippen molar-refractivity contribution in [3.8, 4) is 5.75 Å². The lowest BCUT2D eigenvalue weighted by Crippen LogP contribution is -2.54. The van der Waals surface area contributed by atoms with Crippen molar-refractivity contribution in [1.82, 2.24) is 5.32 Å². The number of carbonyl (C=O) groups is 3. The van der Waals surface area contributed by atoms with Crippen molar-refractivity contribution in [2.75, 3.05) is 4.90 Å². The van der Waals surface area contributed by atoms with Crippen LogP contribution in [0.5, 0.6) is 5.75 Å². The van der Waals surface area contributed by atoms with Crippen molar-refractivity contribution in [2.24, 2.45) is 0 Å². The summed E-state index contributed by atoms with van der Waals surface area (Å²) in [4.78, 5) is 38.9. The summed E-state index contributed by atoms with van der Waals surface area (Å²) in [5.41, 5.74) is 3.71. The zero-order valence-electron chi connectivity index (χ0n) is 17.8. The molecule has 1 aliphatic rings. The predicted octanol–water partition coefficient (Wildman–Crippen LogP) is 4.55. The van der Waals surface area contributed by atoms with Gasteiger partial charge in [0.2, 0.25) is 0 Å². The number of nitrogens with one attached hydrogen (secondary N) is 1. The molecule has 0 aliphatic carbocycles. The van der Waals surface area contributed by atoms with Crippen molar-refractivity contribution < 1.29 is 19.1 Å². The van der Waals surface area contributed by atoms with Gasteiger partial charge in [-0.1, -0.05) is 54.6 Å². The molecule has 6 nitrogen and oxygen atoms in total. The van der Waals surface area contributed by atoms with Gasteiger partial charge in [-0.25, -0.2) is 9.69 Å². The fraction of sp³-hybridized carbons (Fsp3) is 0.115. The maximum Gasteiger partial charge on any atom is 0.335 e. The van der Waals surface area contributed by atoms with Crippen LogP contribution in [0.25, 0.3) is 6.08 Å². The number of barbiturate groups is 1. The average Bonchev–Trinajstić information content (AvgIpc) is 2.79. The summed E-state index contributed by atoms with van der Waals surface area (Å²) in [6.07, 6.45) is 1.48. The highest BCUT2D eigenvalue weighted by molar-refractivity contribution is 6.39. The van der Waals surface area contributed by atoms with Gasteiger partial charge in [-0.3, -0.25) is 14.9 Å². The third-order valence-electron chi connectivity index (χ3n) is 5.15. The second-order valence-electron chi connectivity index (χ2n) is 7.59. The number of benzene rings is 3. The Morgan fingerprint density at radius 2 is 1.62 bits per heavy atom. The molecule has 0 bridgehead atoms. The summed E-state index contributed by atoms with van der Waals surface area (Å²) < 4.78 is 5.77. The van der Waals surface area contributed by atoms with Crippen LogP contribution in [-0.4, -0.2) is 17.8 Å². The van der Waals surface area contributed by atoms with Crippen molar-refractivity contribution >= 4 is 29.6 Å². The standard InChI is InChI=1S/C26H22N2O4/c1-17-8-9-18(2)23(14-17)28-25(30)22(24(29)27-26(28)31)15-19-10-12-21(13-11-19)32-16-20-6-4-3-5-7-20/h3-15H,16H2,1-2H3,(H,27,29,31)/b22-15+. The predicted molar refractivity (Wildman–Crippen MR) is 122 cm³/mol. The molecule has 4 rings (SSSR count). The molecule has 0 radical (unpaired) electrons. The van der Waals surface area contributed by atoms with E-state index in [1.54, 1.807) is 30.3 Å². The molecule has 1 heterocycles. The van der Waals surface area contributed by atoms with Crippen LogP contribution in [0.4, 0.5) is 10.5 Å². The maximum atomic E-state index is 13.1. The number of rotatable bonds is 5. The number of aryl methyl sites for hydroxylation is 2. The summed E-state index contributed by atoms with van der Waals surface area (Å²) >= 11 is 0. The fourth-order valence-electron chi connectivity index (χ4n) is 3.40. The molecule has 6 heteroatoms. The minimum Gasteiger partial charge on any atom is -0.489 e. The molecule has 1 fully saturated rings. The second kappa shape index (κ2) is 8.89. The molecule has 1 saturated heterocycles. The molecule has 4 amide bonds. The van der Waals surface area contributed by atoms with E-state index in [2.05, 4.69) is 5.32 Å². The Balaban J connectivity index is 1.55. The number of amides is 4. The number of urea groups is 1. The first-order chi connectivity index (χ1) is 15.4. The monoisotopic (exact) mass is 426 g/mol. The van der Waals surface area contributed by atoms with Gasteiger partial charge in [0, 0.05) is 0 Å². The molecular weight excluding hydrogens is 404 g/mol. The molecule has 3 aromatic rings. The summed E-state index contributed by atoms with van der Waals surface area (Å²) in [5.74, 6) is -0.703. The third kappa shape index (κ3) is 4.44. The van der Waals surface area contributed by atoms with E-state index < -0.39 is 17.8 Å². The molecule has 1 N–H and O–H groups in total. The highest BCUT2D eigenvalue weighted by Gasteiger charge is 2.37. The number of carbonyl (C=O) groups excluding carboxylic acids is 3. The average molecular weight is 426 g/mol. The van der Waals surface area contributed by atoms with Crippen molar-refractivity contribution in [3.63, 3.8) is 0 Å². The normalized spacial score (nSPS) is 15.1. The molecule has 32 heavy (non-hydrogen) atoms. The maximum absolute atomic E-state index is 13.1. The van der Waals surface area contributed by atoms with Crippen LogP contribution in [0.15, 0.2) is 78.4 Å². The van der Waals surface area contributed by atoms with Gasteiger partial charge >= 0.3 is 6.03 Å². The smallest absolute Gasteiger partial charge is 0.335 e. The van der Waals surface area contributed by atoms with Gasteiger partial charge in [-0.2, -0.15) is 0 Å². The zero-order chi connectivity index (χ0) is 22.7. The Labute approximate surface area is 186 Å². The van der Waals surface area contributed by atoms with E-state index in [0.717, 1.165) is 21.6 Å². The summed E-state index contributed by atoms with van der Waals surface area (Å²) in [5, 5.41) is 2.26. The van der Waals surface area contributed by atoms with Crippen LogP contribution >= 0.6 is 0 Å². The summed E-state index contributed by atoms with van der Waals surface area (Å²) in [6, 6.07) is 21.6. The van der Waals surface area contributed by atoms with E-state index in [4.69, 9.17) is 4.74 Å². The van der Waals surface area contributed by atoms with Crippen LogP contribution in [0.1, 0.15) is 22.3 Å². The van der Waals surface area contributed by atoms with E-state index in [1.807, 2.05) is 56.3 Å². The van der Waals surface area contributed by atoms with Crippen LogP contribution in [-0.2, 0) is 16.2 Å². The lowest BCUT2D eigenvalue weighted by atomic mass is 10.0. The fourth-order valence-corrected chi connectivity index (χ4v) is 3.40. The Bertz CT molecular complexity index is 1210. The van der Waals surface area contributed by atoms with Crippen molar-refractivity contribution in [3.05, 3.63) is 101 Å². The van der Waals surface area contributed by atoms with Gasteiger partial charge in [-0.05, 0) is 60.4 Å². The number of hydrogen-bond donors (Lipinski definition) is 1. The first-order valence-electron chi connectivity index (χ1n) is 10.2. The van der Waals surface area contributed by atoms with E-state index >= 15 is 0 Å². The molecule has 0 atom stereocenters. The van der Waals surface area contributed by atoms with E-state index in [0.29, 0.717) is 23.6 Å². The number of anilines is 1. The van der Waals surface area contributed by atoms with Crippen LogP contribution in [0, 0.1) is 13.8 Å². The number of hydrogen-bond acceptors (Lipinski definition) is 4. The highest BCUT2D eigenvalue weighted by atomic mass is 16.5. The number of imide groups is 2. The van der Waals surface area contributed by atoms with Gasteiger partial charge in [0.15, 0.2) is 0 Å². The van der Waals surface area contributed by atoms with Gasteiger partial charge in [0.25, 0.3) is 11.8 Å². The topological polar surface area (TPSA) is 75.7 Å². The first kappa shape index (κ1) is 21.1. The quantitative estimate of drug-likeness (QED) is 0.480. The molecule has 0 aromatic heterocycles. The Morgan fingerprint density at radius 1 is 0.906 bits per heavy atom. The molecule has 3 aromatic carbocycles. The summed E-state index contributed by atoms with van der Waals surface area (Å²) in [6.45, 7) is 4.12. The largest absolute Gasteiger partial charge is 0.489 e. The molecule has 160 valence electrons. The number of ether oxygens (including phenoxy) is 1. The van der Waals surface area contributed by atoms with Gasteiger partial charge in [0.1, 0.15) is 17.9 Å². The molecule has 0 saturated carbocycles. The first-order valence-corrected chi connectivity index (χ1v) is 10.2. The van der Waals surface area contributed by atoms with Crippen LogP contribution in [0.2, 0.25) is 0 Å². The SMILES string of the molecule is Cc1ccc(C)c(N2C(=O)NC(=O)/C(=C\c3ccc(OCc4ccccc4)cc3)C2=O)c1. The Morgan fingerprint density at radius 3 is 2.34 bits per heavy atom. The third-order valence-corrected chi connectivity index (χ3v) is 5.15. The van der Waals surface area contributed by atoms with E-state index in [-0.39, 0.29) is 5.57 Å².